The van der Waals surface area contributed by atoms with Crippen LogP contribution >= 0.6 is 0 Å². The van der Waals surface area contributed by atoms with Crippen LogP contribution < -0.4 is 5.73 Å². The molecule has 1 spiro atoms. The standard InChI is InChI=1S/C9H17NO/c1-8(10)5-6-11-9(7-8)3-2-4-9/h2-7,10H2,1H3/t8-/m1/s1. The maximum absolute atomic E-state index is 6.08. The van der Waals surface area contributed by atoms with E-state index in [2.05, 4.69) is 6.92 Å². The van der Waals surface area contributed by atoms with E-state index < -0.39 is 0 Å². The summed E-state index contributed by atoms with van der Waals surface area (Å²) in [7, 11) is 0. The highest BCUT2D eigenvalue weighted by atomic mass is 16.5. The van der Waals surface area contributed by atoms with E-state index in [1.165, 1.54) is 19.3 Å². The Morgan fingerprint density at radius 1 is 1.27 bits per heavy atom. The largest absolute Gasteiger partial charge is 0.375 e. The van der Waals surface area contributed by atoms with Crippen LogP contribution in [-0.2, 0) is 4.74 Å². The van der Waals surface area contributed by atoms with Crippen LogP contribution in [0.2, 0.25) is 0 Å². The zero-order valence-electron chi connectivity index (χ0n) is 7.23. The third-order valence-corrected chi connectivity index (χ3v) is 3.07. The van der Waals surface area contributed by atoms with E-state index in [9.17, 15) is 0 Å². The van der Waals surface area contributed by atoms with Crippen molar-refractivity contribution in [3.8, 4) is 0 Å². The fourth-order valence-corrected chi connectivity index (χ4v) is 2.27. The van der Waals surface area contributed by atoms with Crippen LogP contribution in [0, 0.1) is 0 Å². The Hall–Kier alpha value is -0.0800. The quantitative estimate of drug-likeness (QED) is 0.574. The molecule has 0 radical (unpaired) electrons. The maximum atomic E-state index is 6.08. The molecule has 64 valence electrons. The van der Waals surface area contributed by atoms with Gasteiger partial charge >= 0.3 is 0 Å². The van der Waals surface area contributed by atoms with Crippen molar-refractivity contribution in [2.45, 2.75) is 50.2 Å². The molecule has 0 aromatic carbocycles. The van der Waals surface area contributed by atoms with Crippen molar-refractivity contribution in [2.75, 3.05) is 6.61 Å². The molecule has 0 unspecified atom stereocenters. The second-order valence-electron chi connectivity index (χ2n) is 4.47. The lowest BCUT2D eigenvalue weighted by molar-refractivity contribution is -0.145. The summed E-state index contributed by atoms with van der Waals surface area (Å²) < 4.78 is 5.76. The Morgan fingerprint density at radius 3 is 2.36 bits per heavy atom. The minimum Gasteiger partial charge on any atom is -0.375 e. The van der Waals surface area contributed by atoms with Crippen molar-refractivity contribution in [2.24, 2.45) is 5.73 Å². The fraction of sp³-hybridized carbons (Fsp3) is 1.00. The molecule has 1 atom stereocenters. The molecule has 2 fully saturated rings. The SMILES string of the molecule is C[C@@]1(N)CCOC2(CCC2)C1. The van der Waals surface area contributed by atoms with E-state index in [0.29, 0.717) is 0 Å². The predicted molar refractivity (Wildman–Crippen MR) is 44.4 cm³/mol. The van der Waals surface area contributed by atoms with E-state index in [1.807, 2.05) is 0 Å². The molecular weight excluding hydrogens is 138 g/mol. The highest BCUT2D eigenvalue weighted by Crippen LogP contribution is 2.44. The van der Waals surface area contributed by atoms with Crippen LogP contribution in [0.25, 0.3) is 0 Å². The monoisotopic (exact) mass is 155 g/mol. The first-order valence-electron chi connectivity index (χ1n) is 4.55. The maximum Gasteiger partial charge on any atom is 0.0700 e. The van der Waals surface area contributed by atoms with Crippen LogP contribution in [0.5, 0.6) is 0 Å². The molecule has 0 amide bonds. The molecule has 1 aliphatic heterocycles. The zero-order valence-corrected chi connectivity index (χ0v) is 7.23. The Kier molecular flexibility index (Phi) is 1.52. The van der Waals surface area contributed by atoms with E-state index in [1.54, 1.807) is 0 Å². The lowest BCUT2D eigenvalue weighted by Gasteiger charge is -2.50. The van der Waals surface area contributed by atoms with Gasteiger partial charge in [-0.3, -0.25) is 0 Å². The molecule has 2 rings (SSSR count). The average molecular weight is 155 g/mol. The number of hydrogen-bond donors (Lipinski definition) is 1. The van der Waals surface area contributed by atoms with E-state index >= 15 is 0 Å². The number of nitrogens with two attached hydrogens (primary N) is 1. The van der Waals surface area contributed by atoms with Crippen molar-refractivity contribution in [3.05, 3.63) is 0 Å². The second kappa shape index (κ2) is 2.20. The molecule has 1 aliphatic carbocycles. The molecule has 2 nitrogen and oxygen atoms in total. The highest BCUT2D eigenvalue weighted by Gasteiger charge is 2.45. The van der Waals surface area contributed by atoms with Gasteiger partial charge in [0.1, 0.15) is 0 Å². The van der Waals surface area contributed by atoms with Crippen LogP contribution in [0.1, 0.15) is 39.0 Å². The van der Waals surface area contributed by atoms with Gasteiger partial charge in [0.2, 0.25) is 0 Å². The molecule has 0 bridgehead atoms. The minimum absolute atomic E-state index is 0.0403. The topological polar surface area (TPSA) is 35.2 Å². The first-order chi connectivity index (χ1) is 5.12. The van der Waals surface area contributed by atoms with Gasteiger partial charge in [-0.05, 0) is 39.0 Å². The summed E-state index contributed by atoms with van der Waals surface area (Å²) in [5.41, 5.74) is 6.33. The Morgan fingerprint density at radius 2 is 2.00 bits per heavy atom. The van der Waals surface area contributed by atoms with Crippen molar-refractivity contribution in [3.63, 3.8) is 0 Å². The lowest BCUT2D eigenvalue weighted by atomic mass is 9.70. The highest BCUT2D eigenvalue weighted by molar-refractivity contribution is 5.00. The van der Waals surface area contributed by atoms with E-state index in [0.717, 1.165) is 19.4 Å². The third kappa shape index (κ3) is 1.30. The molecule has 2 N–H and O–H groups in total. The zero-order chi connectivity index (χ0) is 7.95. The van der Waals surface area contributed by atoms with Gasteiger partial charge in [-0.25, -0.2) is 0 Å². The Balaban J connectivity index is 2.03. The van der Waals surface area contributed by atoms with Gasteiger partial charge in [0.25, 0.3) is 0 Å². The predicted octanol–water partition coefficient (Wildman–Crippen LogP) is 1.44. The van der Waals surface area contributed by atoms with Crippen molar-refractivity contribution in [1.29, 1.82) is 0 Å². The van der Waals surface area contributed by atoms with Gasteiger partial charge in [-0.15, -0.1) is 0 Å². The van der Waals surface area contributed by atoms with Crippen LogP contribution in [0.15, 0.2) is 0 Å². The average Bonchev–Trinajstić information content (AvgIpc) is 1.82. The molecule has 1 saturated heterocycles. The van der Waals surface area contributed by atoms with Crippen LogP contribution in [-0.4, -0.2) is 17.7 Å². The summed E-state index contributed by atoms with van der Waals surface area (Å²) in [6.07, 6.45) is 5.89. The van der Waals surface area contributed by atoms with Gasteiger partial charge in [0.05, 0.1) is 5.60 Å². The molecular formula is C9H17NO. The normalized spacial score (nSPS) is 42.0. The number of rotatable bonds is 0. The fourth-order valence-electron chi connectivity index (χ4n) is 2.27. The summed E-state index contributed by atoms with van der Waals surface area (Å²) >= 11 is 0. The number of hydrogen-bond acceptors (Lipinski definition) is 2. The molecule has 2 aliphatic rings. The molecule has 0 aromatic heterocycles. The Bertz CT molecular complexity index is 161. The molecule has 0 aromatic rings. The third-order valence-electron chi connectivity index (χ3n) is 3.07. The van der Waals surface area contributed by atoms with Gasteiger partial charge < -0.3 is 10.5 Å². The smallest absolute Gasteiger partial charge is 0.0700 e. The summed E-state index contributed by atoms with van der Waals surface area (Å²) in [5.74, 6) is 0. The van der Waals surface area contributed by atoms with Gasteiger partial charge in [0, 0.05) is 12.1 Å². The summed E-state index contributed by atoms with van der Waals surface area (Å²) in [5, 5.41) is 0. The van der Waals surface area contributed by atoms with E-state index in [4.69, 9.17) is 10.5 Å². The van der Waals surface area contributed by atoms with Gasteiger partial charge in [-0.1, -0.05) is 0 Å². The summed E-state index contributed by atoms with van der Waals surface area (Å²) in [6, 6.07) is 0. The molecule has 1 heterocycles. The van der Waals surface area contributed by atoms with Crippen LogP contribution in [0.3, 0.4) is 0 Å². The summed E-state index contributed by atoms with van der Waals surface area (Å²) in [4.78, 5) is 0. The van der Waals surface area contributed by atoms with E-state index in [-0.39, 0.29) is 11.1 Å². The molecule has 2 heteroatoms. The first kappa shape index (κ1) is 7.56. The Labute approximate surface area is 68.1 Å². The van der Waals surface area contributed by atoms with Crippen molar-refractivity contribution < 1.29 is 4.74 Å². The summed E-state index contributed by atoms with van der Waals surface area (Å²) in [6.45, 7) is 3.02. The lowest BCUT2D eigenvalue weighted by Crippen LogP contribution is -2.55. The molecule has 11 heavy (non-hydrogen) atoms. The van der Waals surface area contributed by atoms with Crippen molar-refractivity contribution in [1.82, 2.24) is 0 Å². The van der Waals surface area contributed by atoms with Crippen molar-refractivity contribution >= 4 is 0 Å². The van der Waals surface area contributed by atoms with Crippen LogP contribution in [0.4, 0.5) is 0 Å². The molecule has 1 saturated carbocycles. The minimum atomic E-state index is 0.0403. The first-order valence-corrected chi connectivity index (χ1v) is 4.55. The number of ether oxygens (including phenoxy) is 1. The van der Waals surface area contributed by atoms with Gasteiger partial charge in [0.15, 0.2) is 0 Å². The second-order valence-corrected chi connectivity index (χ2v) is 4.47. The van der Waals surface area contributed by atoms with Gasteiger partial charge in [-0.2, -0.15) is 0 Å².